The molecule has 0 radical (unpaired) electrons. The molecule has 33 heavy (non-hydrogen) atoms. The lowest BCUT2D eigenvalue weighted by atomic mass is 9.77. The Kier molecular flexibility index (Phi) is 6.62. The Labute approximate surface area is 191 Å². The minimum Gasteiger partial charge on any atom is -0.370 e. The van der Waals surface area contributed by atoms with E-state index in [0.29, 0.717) is 28.7 Å². The number of carbonyl (C=O) groups excluding carboxylic acids is 1. The van der Waals surface area contributed by atoms with Crippen LogP contribution in [0.25, 0.3) is 10.9 Å². The third-order valence-electron chi connectivity index (χ3n) is 7.12. The van der Waals surface area contributed by atoms with Gasteiger partial charge in [0.25, 0.3) is 0 Å². The largest absolute Gasteiger partial charge is 0.393 e. The number of piperidine rings is 1. The predicted molar refractivity (Wildman–Crippen MR) is 121 cm³/mol. The summed E-state index contributed by atoms with van der Waals surface area (Å²) in [5, 5.41) is 10.0. The molecule has 2 unspecified atom stereocenters. The summed E-state index contributed by atoms with van der Waals surface area (Å²) < 4.78 is 41.5. The molecule has 8 heteroatoms. The molecule has 5 nitrogen and oxygen atoms in total. The molecule has 2 fully saturated rings. The van der Waals surface area contributed by atoms with Gasteiger partial charge < -0.3 is 10.6 Å². The quantitative estimate of drug-likeness (QED) is 0.672. The first-order chi connectivity index (χ1) is 15.7. The van der Waals surface area contributed by atoms with E-state index in [1.165, 1.54) is 0 Å². The zero-order chi connectivity index (χ0) is 23.6. The summed E-state index contributed by atoms with van der Waals surface area (Å²) in [6.45, 7) is 0.177. The van der Waals surface area contributed by atoms with Gasteiger partial charge in [0.05, 0.1) is 17.0 Å². The smallest absolute Gasteiger partial charge is 0.370 e. The Morgan fingerprint density at radius 3 is 2.67 bits per heavy atom. The van der Waals surface area contributed by atoms with Crippen LogP contribution >= 0.6 is 0 Å². The number of Topliss-reactive ketones (excluding diaryl/α,β-unsaturated/α-hetero) is 1. The molecule has 2 aliphatic rings. The van der Waals surface area contributed by atoms with Gasteiger partial charge in [0, 0.05) is 48.7 Å². The predicted octanol–water partition coefficient (Wildman–Crippen LogP) is 5.12. The van der Waals surface area contributed by atoms with Crippen molar-refractivity contribution in [1.29, 1.82) is 5.26 Å². The summed E-state index contributed by atoms with van der Waals surface area (Å²) in [5.41, 5.74) is 7.38. The molecule has 1 aliphatic heterocycles. The van der Waals surface area contributed by atoms with Gasteiger partial charge >= 0.3 is 6.18 Å². The second-order valence-electron chi connectivity index (χ2n) is 9.73. The van der Waals surface area contributed by atoms with E-state index in [0.717, 1.165) is 32.1 Å². The maximum atomic E-state index is 13.8. The number of carbonyl (C=O) groups is 1. The van der Waals surface area contributed by atoms with Crippen LogP contribution in [0.15, 0.2) is 30.5 Å². The summed E-state index contributed by atoms with van der Waals surface area (Å²) in [6.07, 6.45) is 2.21. The van der Waals surface area contributed by atoms with Crippen molar-refractivity contribution in [2.75, 3.05) is 18.0 Å². The molecule has 176 valence electrons. The van der Waals surface area contributed by atoms with Gasteiger partial charge in [-0.15, -0.1) is 0 Å². The first kappa shape index (κ1) is 23.5. The Bertz CT molecular complexity index is 1060. The maximum absolute atomic E-state index is 13.8. The molecule has 0 amide bonds. The first-order valence-corrected chi connectivity index (χ1v) is 11.6. The number of nitrogens with two attached hydrogens (primary N) is 1. The fourth-order valence-corrected chi connectivity index (χ4v) is 5.53. The number of hydrogen-bond acceptors (Lipinski definition) is 5. The molecule has 0 spiro atoms. The van der Waals surface area contributed by atoms with Gasteiger partial charge in [-0.25, -0.2) is 0 Å². The van der Waals surface area contributed by atoms with Crippen molar-refractivity contribution in [1.82, 2.24) is 4.98 Å². The van der Waals surface area contributed by atoms with Gasteiger partial charge in [0.2, 0.25) is 0 Å². The number of aromatic nitrogens is 1. The van der Waals surface area contributed by atoms with Gasteiger partial charge in [0.15, 0.2) is 0 Å². The van der Waals surface area contributed by atoms with Crippen LogP contribution in [0.5, 0.6) is 0 Å². The number of hydrogen-bond donors (Lipinski definition) is 1. The van der Waals surface area contributed by atoms with Crippen LogP contribution in [0.2, 0.25) is 0 Å². The number of halogens is 3. The number of nitriles is 1. The van der Waals surface area contributed by atoms with Crippen LogP contribution < -0.4 is 10.6 Å². The molecule has 1 aromatic heterocycles. The minimum atomic E-state index is -4.35. The van der Waals surface area contributed by atoms with E-state index >= 15 is 0 Å². The van der Waals surface area contributed by atoms with Gasteiger partial charge in [-0.1, -0.05) is 19.3 Å². The normalized spacial score (nSPS) is 23.3. The number of anilines is 1. The third-order valence-corrected chi connectivity index (χ3v) is 7.12. The third kappa shape index (κ3) is 5.30. The number of pyridine rings is 1. The lowest BCUT2D eigenvalue weighted by Crippen LogP contribution is -2.47. The zero-order valence-electron chi connectivity index (χ0n) is 18.6. The van der Waals surface area contributed by atoms with Crippen LogP contribution in [0.1, 0.15) is 56.9 Å². The Morgan fingerprint density at radius 2 is 1.97 bits per heavy atom. The molecule has 1 aliphatic carbocycles. The number of benzene rings is 1. The molecular formula is C25H29F3N4O. The standard InChI is InChI=1S/C25H29F3N4O/c26-25(27,28)19-11-17(12-20(33)13-24(30)8-2-1-3-9-24)15-32(16-19)22-7-6-18(14-29)23-21(22)5-4-10-31-23/h4-7,10,17,19H,1-3,8-9,11-13,15-16,30H2. The highest BCUT2D eigenvalue weighted by Gasteiger charge is 2.45. The van der Waals surface area contributed by atoms with Crippen LogP contribution in [0, 0.1) is 23.2 Å². The second kappa shape index (κ2) is 9.30. The molecule has 1 saturated carbocycles. The monoisotopic (exact) mass is 458 g/mol. The van der Waals surface area contributed by atoms with Crippen molar-refractivity contribution in [3.05, 3.63) is 36.0 Å². The molecule has 2 atom stereocenters. The number of fused-ring (bicyclic) bond motifs is 1. The van der Waals surface area contributed by atoms with Crippen LogP contribution in [-0.2, 0) is 4.79 Å². The zero-order valence-corrected chi connectivity index (χ0v) is 18.6. The van der Waals surface area contributed by atoms with E-state index in [9.17, 15) is 23.2 Å². The second-order valence-corrected chi connectivity index (χ2v) is 9.73. The van der Waals surface area contributed by atoms with Crippen LogP contribution in [-0.4, -0.2) is 35.6 Å². The molecule has 2 aromatic rings. The summed E-state index contributed by atoms with van der Waals surface area (Å²) in [6, 6.07) is 8.87. The van der Waals surface area contributed by atoms with E-state index in [4.69, 9.17) is 5.73 Å². The highest BCUT2D eigenvalue weighted by Crippen LogP contribution is 2.40. The highest BCUT2D eigenvalue weighted by atomic mass is 19.4. The van der Waals surface area contributed by atoms with E-state index < -0.39 is 23.6 Å². The molecule has 4 rings (SSSR count). The van der Waals surface area contributed by atoms with Gasteiger partial charge in [-0.3, -0.25) is 9.78 Å². The Morgan fingerprint density at radius 1 is 1.21 bits per heavy atom. The van der Waals surface area contributed by atoms with E-state index in [-0.39, 0.29) is 31.6 Å². The van der Waals surface area contributed by atoms with Crippen molar-refractivity contribution in [2.45, 2.75) is 63.1 Å². The number of rotatable bonds is 5. The summed E-state index contributed by atoms with van der Waals surface area (Å²) in [5.74, 6) is -1.97. The maximum Gasteiger partial charge on any atom is 0.393 e. The van der Waals surface area contributed by atoms with Crippen molar-refractivity contribution >= 4 is 22.4 Å². The molecular weight excluding hydrogens is 429 g/mol. The summed E-state index contributed by atoms with van der Waals surface area (Å²) >= 11 is 0. The topological polar surface area (TPSA) is 83.0 Å². The SMILES string of the molecule is N#Cc1ccc(N2CC(CC(=O)CC3(N)CCCCC3)CC(C(F)(F)F)C2)c2cccnc12. The minimum absolute atomic E-state index is 0.0430. The fraction of sp³-hybridized carbons (Fsp3) is 0.560. The Hall–Kier alpha value is -2.66. The van der Waals surface area contributed by atoms with Gasteiger partial charge in [0.1, 0.15) is 11.9 Å². The lowest BCUT2D eigenvalue weighted by molar-refractivity contribution is -0.179. The number of ketones is 1. The molecule has 1 aromatic carbocycles. The molecule has 0 bridgehead atoms. The fourth-order valence-electron chi connectivity index (χ4n) is 5.53. The van der Waals surface area contributed by atoms with Crippen molar-refractivity contribution < 1.29 is 18.0 Å². The molecule has 1 saturated heterocycles. The van der Waals surface area contributed by atoms with E-state index in [1.54, 1.807) is 35.4 Å². The van der Waals surface area contributed by atoms with Crippen molar-refractivity contribution in [3.8, 4) is 6.07 Å². The van der Waals surface area contributed by atoms with Crippen molar-refractivity contribution in [3.63, 3.8) is 0 Å². The summed E-state index contributed by atoms with van der Waals surface area (Å²) in [7, 11) is 0. The van der Waals surface area contributed by atoms with Gasteiger partial charge in [-0.2, -0.15) is 18.4 Å². The Balaban J connectivity index is 1.58. The highest BCUT2D eigenvalue weighted by molar-refractivity contribution is 5.95. The molecule has 2 N–H and O–H groups in total. The van der Waals surface area contributed by atoms with Gasteiger partial charge in [-0.05, 0) is 49.4 Å². The number of nitrogens with zero attached hydrogens (tertiary/aromatic N) is 3. The average Bonchev–Trinajstić information content (AvgIpc) is 2.77. The van der Waals surface area contributed by atoms with Crippen molar-refractivity contribution in [2.24, 2.45) is 17.6 Å². The van der Waals surface area contributed by atoms with Crippen LogP contribution in [0.3, 0.4) is 0 Å². The average molecular weight is 459 g/mol. The van der Waals surface area contributed by atoms with Crippen LogP contribution in [0.4, 0.5) is 18.9 Å². The molecule has 2 heterocycles. The lowest BCUT2D eigenvalue weighted by Gasteiger charge is -2.40. The summed E-state index contributed by atoms with van der Waals surface area (Å²) in [4.78, 5) is 18.8. The van der Waals surface area contributed by atoms with E-state index in [1.807, 2.05) is 0 Å². The van der Waals surface area contributed by atoms with E-state index in [2.05, 4.69) is 11.1 Å². The number of alkyl halides is 3. The first-order valence-electron chi connectivity index (χ1n) is 11.6.